The Labute approximate surface area is 174 Å². The van der Waals surface area contributed by atoms with Gasteiger partial charge in [0.2, 0.25) is 22.7 Å². The fourth-order valence-corrected chi connectivity index (χ4v) is 4.94. The number of phenols is 1. The second kappa shape index (κ2) is 8.37. The number of phenolic OH excluding ortho intramolecular Hbond substituents is 1. The molecule has 2 aliphatic rings. The van der Waals surface area contributed by atoms with Crippen LogP contribution in [-0.4, -0.2) is 43.6 Å². The van der Waals surface area contributed by atoms with Gasteiger partial charge in [-0.15, -0.1) is 0 Å². The van der Waals surface area contributed by atoms with E-state index in [9.17, 15) is 18.3 Å². The van der Waals surface area contributed by atoms with Crippen molar-refractivity contribution in [1.82, 2.24) is 4.31 Å². The van der Waals surface area contributed by atoms with Crippen LogP contribution in [0.15, 0.2) is 47.4 Å². The summed E-state index contributed by atoms with van der Waals surface area (Å²) in [6, 6.07) is 9.17. The zero-order chi connectivity index (χ0) is 21.1. The highest BCUT2D eigenvalue weighted by atomic mass is 32.2. The Hall–Kier alpha value is -3.04. The Morgan fingerprint density at radius 3 is 2.60 bits per heavy atom. The van der Waals surface area contributed by atoms with Gasteiger partial charge in [-0.05, 0) is 54.8 Å². The molecule has 2 heterocycles. The van der Waals surface area contributed by atoms with Crippen molar-refractivity contribution < 1.29 is 27.8 Å². The number of aromatic hydroxyl groups is 1. The van der Waals surface area contributed by atoms with Crippen molar-refractivity contribution in [2.75, 3.05) is 25.2 Å². The van der Waals surface area contributed by atoms with Gasteiger partial charge in [-0.3, -0.25) is 4.79 Å². The van der Waals surface area contributed by atoms with Crippen LogP contribution in [-0.2, 0) is 14.8 Å². The summed E-state index contributed by atoms with van der Waals surface area (Å²) in [6.45, 7) is 1.12. The number of ether oxygens (including phenoxy) is 2. The molecule has 0 spiro atoms. The number of nitrogens with one attached hydrogen (secondary N) is 1. The Morgan fingerprint density at radius 2 is 1.80 bits per heavy atom. The summed E-state index contributed by atoms with van der Waals surface area (Å²) in [5, 5.41) is 12.6. The monoisotopic (exact) mass is 430 g/mol. The number of hydrogen-bond acceptors (Lipinski definition) is 6. The van der Waals surface area contributed by atoms with Crippen molar-refractivity contribution in [3.8, 4) is 17.2 Å². The summed E-state index contributed by atoms with van der Waals surface area (Å²) in [7, 11) is -3.67. The molecule has 8 nitrogen and oxygen atoms in total. The van der Waals surface area contributed by atoms with Crippen LogP contribution in [0.5, 0.6) is 17.2 Å². The predicted molar refractivity (Wildman–Crippen MR) is 111 cm³/mol. The number of piperidine rings is 1. The van der Waals surface area contributed by atoms with E-state index in [1.165, 1.54) is 28.6 Å². The average Bonchev–Trinajstić information content (AvgIpc) is 3.22. The number of anilines is 1. The lowest BCUT2D eigenvalue weighted by Gasteiger charge is -2.26. The summed E-state index contributed by atoms with van der Waals surface area (Å²) in [4.78, 5) is 12.3. The molecule has 9 heteroatoms. The van der Waals surface area contributed by atoms with Crippen LogP contribution in [0.4, 0.5) is 5.69 Å². The third-order valence-corrected chi connectivity index (χ3v) is 6.90. The first-order valence-electron chi connectivity index (χ1n) is 9.65. The van der Waals surface area contributed by atoms with Crippen LogP contribution >= 0.6 is 0 Å². The molecule has 158 valence electrons. The zero-order valence-corrected chi connectivity index (χ0v) is 17.0. The number of amides is 1. The van der Waals surface area contributed by atoms with Crippen molar-refractivity contribution in [3.63, 3.8) is 0 Å². The number of hydrogen-bond donors (Lipinski definition) is 2. The molecule has 0 unspecified atom stereocenters. The summed E-state index contributed by atoms with van der Waals surface area (Å²) in [5.41, 5.74) is 0.772. The normalized spacial score (nSPS) is 16.7. The van der Waals surface area contributed by atoms with E-state index in [4.69, 9.17) is 9.47 Å². The third-order valence-electron chi connectivity index (χ3n) is 5.00. The van der Waals surface area contributed by atoms with Crippen LogP contribution in [0, 0.1) is 0 Å². The van der Waals surface area contributed by atoms with Gasteiger partial charge in [-0.2, -0.15) is 4.31 Å². The largest absolute Gasteiger partial charge is 0.506 e. The molecule has 0 radical (unpaired) electrons. The Balaban J connectivity index is 1.48. The number of sulfonamides is 1. The molecule has 1 saturated heterocycles. The van der Waals surface area contributed by atoms with E-state index < -0.39 is 15.9 Å². The summed E-state index contributed by atoms with van der Waals surface area (Å²) >= 11 is 0. The lowest BCUT2D eigenvalue weighted by molar-refractivity contribution is -0.111. The number of carbonyl (C=O) groups excluding carboxylic acids is 1. The van der Waals surface area contributed by atoms with Gasteiger partial charge in [0.1, 0.15) is 5.75 Å². The second-order valence-electron chi connectivity index (χ2n) is 7.08. The molecular weight excluding hydrogens is 408 g/mol. The molecule has 4 rings (SSSR count). The third kappa shape index (κ3) is 4.27. The van der Waals surface area contributed by atoms with E-state index in [0.29, 0.717) is 24.6 Å². The maximum absolute atomic E-state index is 12.8. The minimum absolute atomic E-state index is 0.0356. The van der Waals surface area contributed by atoms with Gasteiger partial charge >= 0.3 is 0 Å². The van der Waals surface area contributed by atoms with Crippen LogP contribution in [0.25, 0.3) is 6.08 Å². The van der Waals surface area contributed by atoms with Gasteiger partial charge in [-0.1, -0.05) is 12.5 Å². The minimum Gasteiger partial charge on any atom is -0.506 e. The number of fused-ring (bicyclic) bond motifs is 1. The van der Waals surface area contributed by atoms with E-state index in [1.807, 2.05) is 0 Å². The second-order valence-corrected chi connectivity index (χ2v) is 9.02. The summed E-state index contributed by atoms with van der Waals surface area (Å²) in [5.74, 6) is 0.534. The molecule has 2 aromatic rings. The fourth-order valence-electron chi connectivity index (χ4n) is 3.39. The molecule has 1 amide bonds. The number of benzene rings is 2. The molecule has 2 aliphatic heterocycles. The van der Waals surface area contributed by atoms with E-state index in [1.54, 1.807) is 24.3 Å². The molecule has 0 bridgehead atoms. The van der Waals surface area contributed by atoms with Crippen molar-refractivity contribution in [3.05, 3.63) is 48.0 Å². The van der Waals surface area contributed by atoms with Crippen LogP contribution in [0.3, 0.4) is 0 Å². The SMILES string of the molecule is O=C(C=Cc1ccc2c(c1)OCO2)Nc1cc(S(=O)(=O)N2CCCCC2)ccc1O. The topological polar surface area (TPSA) is 105 Å². The Bertz CT molecular complexity index is 1090. The Kier molecular flexibility index (Phi) is 5.65. The van der Waals surface area contributed by atoms with Crippen molar-refractivity contribution >= 4 is 27.7 Å². The van der Waals surface area contributed by atoms with E-state index >= 15 is 0 Å². The average molecular weight is 430 g/mol. The molecule has 30 heavy (non-hydrogen) atoms. The highest BCUT2D eigenvalue weighted by Crippen LogP contribution is 2.33. The predicted octanol–water partition coefficient (Wildman–Crippen LogP) is 2.95. The fraction of sp³-hybridized carbons (Fsp3) is 0.286. The molecule has 0 aromatic heterocycles. The summed E-state index contributed by atoms with van der Waals surface area (Å²) in [6.07, 6.45) is 5.54. The van der Waals surface area contributed by atoms with Gasteiger partial charge < -0.3 is 19.9 Å². The maximum Gasteiger partial charge on any atom is 0.248 e. The first-order valence-corrected chi connectivity index (χ1v) is 11.1. The number of nitrogens with zero attached hydrogens (tertiary/aromatic N) is 1. The quantitative estimate of drug-likeness (QED) is 0.558. The number of carbonyl (C=O) groups is 1. The first-order chi connectivity index (χ1) is 14.4. The first kappa shape index (κ1) is 20.2. The molecule has 2 aromatic carbocycles. The van der Waals surface area contributed by atoms with Crippen LogP contribution < -0.4 is 14.8 Å². The van der Waals surface area contributed by atoms with Gasteiger partial charge in [0.05, 0.1) is 10.6 Å². The van der Waals surface area contributed by atoms with Crippen molar-refractivity contribution in [2.24, 2.45) is 0 Å². The molecule has 1 fully saturated rings. The zero-order valence-electron chi connectivity index (χ0n) is 16.2. The van der Waals surface area contributed by atoms with Gasteiger partial charge in [0.15, 0.2) is 11.5 Å². The minimum atomic E-state index is -3.67. The Morgan fingerprint density at radius 1 is 1.03 bits per heavy atom. The van der Waals surface area contributed by atoms with Crippen LogP contribution in [0.2, 0.25) is 0 Å². The number of rotatable bonds is 5. The molecule has 2 N–H and O–H groups in total. The van der Waals surface area contributed by atoms with E-state index in [-0.39, 0.29) is 23.1 Å². The summed E-state index contributed by atoms with van der Waals surface area (Å²) < 4.78 is 37.7. The van der Waals surface area contributed by atoms with Gasteiger partial charge in [-0.25, -0.2) is 8.42 Å². The highest BCUT2D eigenvalue weighted by molar-refractivity contribution is 7.89. The lowest BCUT2D eigenvalue weighted by atomic mass is 10.2. The standard InChI is InChI=1S/C21H22N2O6S/c24-18-7-6-16(30(26,27)23-10-2-1-3-11-23)13-17(18)22-21(25)9-5-15-4-8-19-20(12-15)29-14-28-19/h4-9,12-13,24H,1-3,10-11,14H2,(H,22,25). The lowest BCUT2D eigenvalue weighted by Crippen LogP contribution is -2.35. The van der Waals surface area contributed by atoms with Gasteiger partial charge in [0, 0.05) is 19.2 Å². The van der Waals surface area contributed by atoms with Crippen LogP contribution in [0.1, 0.15) is 24.8 Å². The molecule has 0 saturated carbocycles. The smallest absolute Gasteiger partial charge is 0.248 e. The van der Waals surface area contributed by atoms with E-state index in [0.717, 1.165) is 24.8 Å². The van der Waals surface area contributed by atoms with Crippen molar-refractivity contribution in [2.45, 2.75) is 24.2 Å². The van der Waals surface area contributed by atoms with Gasteiger partial charge in [0.25, 0.3) is 0 Å². The maximum atomic E-state index is 12.8. The molecule has 0 aliphatic carbocycles. The highest BCUT2D eigenvalue weighted by Gasteiger charge is 2.26. The van der Waals surface area contributed by atoms with E-state index in [2.05, 4.69) is 5.32 Å². The molecule has 0 atom stereocenters. The molecular formula is C21H22N2O6S. The van der Waals surface area contributed by atoms with Crippen molar-refractivity contribution in [1.29, 1.82) is 0 Å².